The van der Waals surface area contributed by atoms with Gasteiger partial charge in [-0.15, -0.1) is 12.4 Å². The molecule has 1 saturated heterocycles. The topological polar surface area (TPSA) is 15.3 Å². The Bertz CT molecular complexity index is 568. The van der Waals surface area contributed by atoms with Gasteiger partial charge in [-0.05, 0) is 35.4 Å². The van der Waals surface area contributed by atoms with Gasteiger partial charge in [-0.2, -0.15) is 11.3 Å². The zero-order valence-electron chi connectivity index (χ0n) is 12.0. The molecule has 0 saturated carbocycles. The first-order chi connectivity index (χ1) is 9.75. The molecule has 0 bridgehead atoms. The molecule has 1 fully saturated rings. The van der Waals surface area contributed by atoms with Crippen molar-refractivity contribution in [1.82, 2.24) is 10.2 Å². The molecule has 1 aliphatic rings. The Labute approximate surface area is 135 Å². The Kier molecular flexibility index (Phi) is 5.76. The molecule has 1 N–H and O–H groups in total. The van der Waals surface area contributed by atoms with Crippen molar-refractivity contribution >= 4 is 23.7 Å². The lowest BCUT2D eigenvalue weighted by Gasteiger charge is -2.35. The Balaban J connectivity index is 0.00000161. The third-order valence-corrected chi connectivity index (χ3v) is 4.52. The third kappa shape index (κ3) is 3.64. The van der Waals surface area contributed by atoms with Crippen LogP contribution in [0, 0.1) is 12.7 Å². The molecule has 0 aliphatic carbocycles. The SMILES string of the molecule is Cc1ccc(F)c([C@H](c2ccsc2)N2CCNCC2)c1.Cl. The number of benzene rings is 1. The van der Waals surface area contributed by atoms with Gasteiger partial charge in [0.2, 0.25) is 0 Å². The van der Waals surface area contributed by atoms with Crippen LogP contribution in [0.2, 0.25) is 0 Å². The normalized spacial score (nSPS) is 17.2. The first kappa shape index (κ1) is 16.4. The Morgan fingerprint density at radius 2 is 2.00 bits per heavy atom. The zero-order chi connectivity index (χ0) is 13.9. The average molecular weight is 327 g/mol. The number of piperazine rings is 1. The van der Waals surface area contributed by atoms with E-state index in [1.807, 2.05) is 19.1 Å². The van der Waals surface area contributed by atoms with Crippen molar-refractivity contribution in [2.75, 3.05) is 26.2 Å². The minimum atomic E-state index is -0.106. The zero-order valence-corrected chi connectivity index (χ0v) is 13.6. The summed E-state index contributed by atoms with van der Waals surface area (Å²) in [5, 5.41) is 7.56. The van der Waals surface area contributed by atoms with E-state index in [1.165, 1.54) is 5.56 Å². The highest BCUT2D eigenvalue weighted by Gasteiger charge is 2.26. The van der Waals surface area contributed by atoms with Gasteiger partial charge in [0.1, 0.15) is 5.82 Å². The largest absolute Gasteiger partial charge is 0.314 e. The number of hydrogen-bond acceptors (Lipinski definition) is 3. The van der Waals surface area contributed by atoms with Crippen molar-refractivity contribution in [2.24, 2.45) is 0 Å². The summed E-state index contributed by atoms with van der Waals surface area (Å²) in [6.45, 7) is 5.86. The molecule has 21 heavy (non-hydrogen) atoms. The molecule has 5 heteroatoms. The molecule has 2 nitrogen and oxygen atoms in total. The monoisotopic (exact) mass is 326 g/mol. The molecule has 0 amide bonds. The van der Waals surface area contributed by atoms with Gasteiger partial charge in [0, 0.05) is 31.7 Å². The second kappa shape index (κ2) is 7.36. The van der Waals surface area contributed by atoms with Crippen LogP contribution in [0.4, 0.5) is 4.39 Å². The maximum Gasteiger partial charge on any atom is 0.128 e. The number of hydrogen-bond donors (Lipinski definition) is 1. The molecule has 1 aromatic heterocycles. The fraction of sp³-hybridized carbons (Fsp3) is 0.375. The lowest BCUT2D eigenvalue weighted by molar-refractivity contribution is 0.195. The molecule has 0 unspecified atom stereocenters. The van der Waals surface area contributed by atoms with Crippen LogP contribution >= 0.6 is 23.7 Å². The minimum absolute atomic E-state index is 0. The van der Waals surface area contributed by atoms with Gasteiger partial charge in [-0.3, -0.25) is 4.90 Å². The van der Waals surface area contributed by atoms with Gasteiger partial charge < -0.3 is 5.32 Å². The van der Waals surface area contributed by atoms with Crippen LogP contribution in [0.25, 0.3) is 0 Å². The predicted molar refractivity (Wildman–Crippen MR) is 89.0 cm³/mol. The minimum Gasteiger partial charge on any atom is -0.314 e. The van der Waals surface area contributed by atoms with Gasteiger partial charge in [0.25, 0.3) is 0 Å². The molecule has 0 radical (unpaired) electrons. The van der Waals surface area contributed by atoms with Crippen molar-refractivity contribution in [3.63, 3.8) is 0 Å². The molecular formula is C16H20ClFN2S. The molecule has 1 aliphatic heterocycles. The molecule has 1 atom stereocenters. The summed E-state index contributed by atoms with van der Waals surface area (Å²) in [5.74, 6) is -0.106. The van der Waals surface area contributed by atoms with Crippen LogP contribution in [0.1, 0.15) is 22.7 Å². The first-order valence-electron chi connectivity index (χ1n) is 6.98. The fourth-order valence-electron chi connectivity index (χ4n) is 2.83. The van der Waals surface area contributed by atoms with Crippen molar-refractivity contribution < 1.29 is 4.39 Å². The van der Waals surface area contributed by atoms with Crippen molar-refractivity contribution in [1.29, 1.82) is 0 Å². The standard InChI is InChI=1S/C16H19FN2S.ClH/c1-12-2-3-15(17)14(10-12)16(13-4-9-20-11-13)19-7-5-18-6-8-19;/h2-4,9-11,16,18H,5-8H2,1H3;1H/t16-;/m0./s1. The lowest BCUT2D eigenvalue weighted by Crippen LogP contribution is -2.45. The van der Waals surface area contributed by atoms with E-state index >= 15 is 0 Å². The van der Waals surface area contributed by atoms with Crippen LogP contribution < -0.4 is 5.32 Å². The van der Waals surface area contributed by atoms with Crippen molar-refractivity contribution in [3.8, 4) is 0 Å². The van der Waals surface area contributed by atoms with Crippen molar-refractivity contribution in [2.45, 2.75) is 13.0 Å². The highest BCUT2D eigenvalue weighted by atomic mass is 35.5. The Morgan fingerprint density at radius 3 is 2.67 bits per heavy atom. The van der Waals surface area contributed by atoms with E-state index in [0.29, 0.717) is 0 Å². The Hall–Kier alpha value is -0.940. The summed E-state index contributed by atoms with van der Waals surface area (Å²) in [4.78, 5) is 2.37. The number of aryl methyl sites for hydroxylation is 1. The third-order valence-electron chi connectivity index (χ3n) is 3.82. The summed E-state index contributed by atoms with van der Waals surface area (Å²) in [5.41, 5.74) is 3.10. The lowest BCUT2D eigenvalue weighted by atomic mass is 9.96. The van der Waals surface area contributed by atoms with E-state index in [4.69, 9.17) is 0 Å². The average Bonchev–Trinajstić information content (AvgIpc) is 2.98. The number of nitrogens with zero attached hydrogens (tertiary/aromatic N) is 1. The van der Waals surface area contributed by atoms with Gasteiger partial charge in [-0.1, -0.05) is 17.7 Å². The maximum atomic E-state index is 14.3. The van der Waals surface area contributed by atoms with Gasteiger partial charge >= 0.3 is 0 Å². The highest BCUT2D eigenvalue weighted by Crippen LogP contribution is 2.32. The number of thiophene rings is 1. The van der Waals surface area contributed by atoms with E-state index in [-0.39, 0.29) is 24.3 Å². The molecule has 3 rings (SSSR count). The van der Waals surface area contributed by atoms with E-state index < -0.39 is 0 Å². The van der Waals surface area contributed by atoms with E-state index in [9.17, 15) is 4.39 Å². The van der Waals surface area contributed by atoms with Crippen molar-refractivity contribution in [3.05, 3.63) is 57.5 Å². The molecule has 0 spiro atoms. The quantitative estimate of drug-likeness (QED) is 0.927. The van der Waals surface area contributed by atoms with Crippen LogP contribution in [-0.2, 0) is 0 Å². The summed E-state index contributed by atoms with van der Waals surface area (Å²) >= 11 is 1.67. The van der Waals surface area contributed by atoms with E-state index in [2.05, 4.69) is 27.0 Å². The van der Waals surface area contributed by atoms with Crippen LogP contribution in [-0.4, -0.2) is 31.1 Å². The van der Waals surface area contributed by atoms with Gasteiger partial charge in [-0.25, -0.2) is 4.39 Å². The molecule has 114 valence electrons. The first-order valence-corrected chi connectivity index (χ1v) is 7.93. The van der Waals surface area contributed by atoms with E-state index in [1.54, 1.807) is 17.4 Å². The smallest absolute Gasteiger partial charge is 0.128 e. The molecular weight excluding hydrogens is 307 g/mol. The molecule has 2 heterocycles. The molecule has 2 aromatic rings. The predicted octanol–water partition coefficient (Wildman–Crippen LogP) is 3.61. The summed E-state index contributed by atoms with van der Waals surface area (Å²) in [6, 6.07) is 7.55. The summed E-state index contributed by atoms with van der Waals surface area (Å²) in [7, 11) is 0. The number of nitrogens with one attached hydrogen (secondary N) is 1. The van der Waals surface area contributed by atoms with Crippen LogP contribution in [0.3, 0.4) is 0 Å². The Morgan fingerprint density at radius 1 is 1.24 bits per heavy atom. The van der Waals surface area contributed by atoms with Gasteiger partial charge in [0.05, 0.1) is 6.04 Å². The van der Waals surface area contributed by atoms with Crippen LogP contribution in [0.15, 0.2) is 35.0 Å². The van der Waals surface area contributed by atoms with Crippen LogP contribution in [0.5, 0.6) is 0 Å². The summed E-state index contributed by atoms with van der Waals surface area (Å²) in [6.07, 6.45) is 0. The second-order valence-corrected chi connectivity index (χ2v) is 6.05. The second-order valence-electron chi connectivity index (χ2n) is 5.27. The van der Waals surface area contributed by atoms with E-state index in [0.717, 1.165) is 37.3 Å². The maximum absolute atomic E-state index is 14.3. The fourth-order valence-corrected chi connectivity index (χ4v) is 3.51. The highest BCUT2D eigenvalue weighted by molar-refractivity contribution is 7.08. The van der Waals surface area contributed by atoms with Gasteiger partial charge in [0.15, 0.2) is 0 Å². The number of rotatable bonds is 3. The summed E-state index contributed by atoms with van der Waals surface area (Å²) < 4.78 is 14.3. The molecule has 1 aromatic carbocycles. The number of halogens is 2.